The summed E-state index contributed by atoms with van der Waals surface area (Å²) in [5, 5.41) is 20.6. The van der Waals surface area contributed by atoms with Crippen molar-refractivity contribution in [2.45, 2.75) is 81.1 Å². The van der Waals surface area contributed by atoms with Gasteiger partial charge in [-0.05, 0) is 48.3 Å². The zero-order valence-corrected chi connectivity index (χ0v) is 18.5. The Morgan fingerprint density at radius 3 is 1.09 bits per heavy atom. The summed E-state index contributed by atoms with van der Waals surface area (Å²) in [4.78, 5) is 20.6. The van der Waals surface area contributed by atoms with Crippen LogP contribution in [0.2, 0.25) is 0 Å². The molecule has 0 amide bonds. The Morgan fingerprint density at radius 2 is 0.957 bits per heavy atom. The zero-order chi connectivity index (χ0) is 18.1. The van der Waals surface area contributed by atoms with E-state index in [1.54, 1.807) is 0 Å². The van der Waals surface area contributed by atoms with Gasteiger partial charge >= 0.3 is 37.7 Å². The van der Waals surface area contributed by atoms with Crippen LogP contribution in [0.15, 0.2) is 0 Å². The van der Waals surface area contributed by atoms with Crippen LogP contribution in [0.3, 0.4) is 0 Å². The van der Waals surface area contributed by atoms with Gasteiger partial charge in [0, 0.05) is 11.9 Å². The molecule has 0 bridgehead atoms. The smallest absolute Gasteiger partial charge is 0.550 e. The maximum atomic E-state index is 10.3. The van der Waals surface area contributed by atoms with Crippen molar-refractivity contribution in [1.29, 1.82) is 0 Å². The second-order valence-corrected chi connectivity index (χ2v) is 8.62. The molecule has 0 atom stereocenters. The van der Waals surface area contributed by atoms with Gasteiger partial charge in [0.2, 0.25) is 0 Å². The molecule has 0 N–H and O–H groups in total. The van der Waals surface area contributed by atoms with Gasteiger partial charge in [-0.1, -0.05) is 55.4 Å². The van der Waals surface area contributed by atoms with E-state index in [1.807, 2.05) is 27.7 Å². The minimum absolute atomic E-state index is 0. The minimum Gasteiger partial charge on any atom is -0.550 e. The van der Waals surface area contributed by atoms with Gasteiger partial charge in [-0.25, -0.2) is 0 Å². The normalized spacial score (nSPS) is 11.6. The molecule has 5 heteroatoms. The van der Waals surface area contributed by atoms with Gasteiger partial charge in [-0.3, -0.25) is 0 Å². The molecule has 0 aliphatic rings. The number of hydrogen-bond acceptors (Lipinski definition) is 4. The van der Waals surface area contributed by atoms with Crippen molar-refractivity contribution >= 4 is 49.7 Å². The molecule has 0 heterocycles. The number of carboxylic acid groups (broad SMARTS) is 2. The first-order valence-corrected chi connectivity index (χ1v) is 8.06. The van der Waals surface area contributed by atoms with Gasteiger partial charge in [-0.15, -0.1) is 0 Å². The molecule has 132 valence electrons. The van der Waals surface area contributed by atoms with E-state index in [2.05, 4.69) is 27.7 Å². The first-order valence-electron chi connectivity index (χ1n) is 8.06. The molecule has 0 spiro atoms. The molecule has 0 aromatic carbocycles. The van der Waals surface area contributed by atoms with E-state index < -0.39 is 11.9 Å². The van der Waals surface area contributed by atoms with E-state index in [0.29, 0.717) is 11.8 Å². The Balaban J connectivity index is -0.000000333. The molecule has 0 aliphatic heterocycles. The van der Waals surface area contributed by atoms with Crippen molar-refractivity contribution in [2.75, 3.05) is 0 Å². The Bertz CT molecular complexity index is 313. The molecular formula is C18H34CaO4. The molecule has 0 aromatic rings. The fourth-order valence-electron chi connectivity index (χ4n) is 3.14. The van der Waals surface area contributed by atoms with Gasteiger partial charge in [0.25, 0.3) is 0 Å². The largest absolute Gasteiger partial charge is 2.00 e. The van der Waals surface area contributed by atoms with Gasteiger partial charge in [-0.2, -0.15) is 0 Å². The Kier molecular flexibility index (Phi) is 15.3. The maximum Gasteiger partial charge on any atom is 2.00 e. The molecule has 23 heavy (non-hydrogen) atoms. The van der Waals surface area contributed by atoms with Crippen molar-refractivity contribution in [3.63, 3.8) is 0 Å². The summed E-state index contributed by atoms with van der Waals surface area (Å²) in [5.74, 6) is -0.806. The predicted octanol–water partition coefficient (Wildman–Crippen LogP) is 2.02. The average molecular weight is 355 g/mol. The Hall–Kier alpha value is 0.200. The third kappa shape index (κ3) is 22.2. The number of carboxylic acids is 2. The zero-order valence-electron chi connectivity index (χ0n) is 16.3. The number of carbonyl (C=O) groups excluding carboxylic acids is 2. The number of hydrogen-bond donors (Lipinski definition) is 0. The van der Waals surface area contributed by atoms with Crippen LogP contribution >= 0.6 is 0 Å². The second kappa shape index (κ2) is 12.5. The van der Waals surface area contributed by atoms with Crippen LogP contribution < -0.4 is 10.2 Å². The SMILES string of the molecule is CC(C)CC(C)(C)CC(=O)[O-].CC(C)CC(C)(C)CC(=O)[O-].[Ca+2]. The van der Waals surface area contributed by atoms with E-state index >= 15 is 0 Å². The van der Waals surface area contributed by atoms with E-state index in [0.717, 1.165) is 12.8 Å². The van der Waals surface area contributed by atoms with Crippen LogP contribution in [-0.2, 0) is 9.59 Å². The molecule has 4 nitrogen and oxygen atoms in total. The molecular weight excluding hydrogens is 320 g/mol. The van der Waals surface area contributed by atoms with Gasteiger partial charge < -0.3 is 19.8 Å². The van der Waals surface area contributed by atoms with Crippen molar-refractivity contribution in [1.82, 2.24) is 0 Å². The van der Waals surface area contributed by atoms with Crippen molar-refractivity contribution in [3.8, 4) is 0 Å². The van der Waals surface area contributed by atoms with Gasteiger partial charge in [0.1, 0.15) is 0 Å². The fraction of sp³-hybridized carbons (Fsp3) is 0.889. The number of carbonyl (C=O) groups is 2. The summed E-state index contributed by atoms with van der Waals surface area (Å²) in [6.45, 7) is 16.2. The first-order chi connectivity index (χ1) is 9.67. The third-order valence-corrected chi connectivity index (χ3v) is 3.17. The predicted molar refractivity (Wildman–Crippen MR) is 91.5 cm³/mol. The van der Waals surface area contributed by atoms with E-state index in [4.69, 9.17) is 0 Å². The Labute approximate surface area is 172 Å². The summed E-state index contributed by atoms with van der Waals surface area (Å²) in [6, 6.07) is 0. The minimum atomic E-state index is -0.948. The van der Waals surface area contributed by atoms with Crippen molar-refractivity contribution in [3.05, 3.63) is 0 Å². The molecule has 0 unspecified atom stereocenters. The molecule has 0 radical (unpaired) electrons. The van der Waals surface area contributed by atoms with Gasteiger partial charge in [0.05, 0.1) is 0 Å². The average Bonchev–Trinajstić information content (AvgIpc) is 2.06. The van der Waals surface area contributed by atoms with Crippen LogP contribution in [0.25, 0.3) is 0 Å². The monoisotopic (exact) mass is 354 g/mol. The summed E-state index contributed by atoms with van der Waals surface area (Å²) in [7, 11) is 0. The second-order valence-electron chi connectivity index (χ2n) is 8.62. The van der Waals surface area contributed by atoms with Crippen LogP contribution in [0, 0.1) is 22.7 Å². The molecule has 0 saturated heterocycles. The van der Waals surface area contributed by atoms with Crippen LogP contribution in [-0.4, -0.2) is 49.7 Å². The summed E-state index contributed by atoms with van der Waals surface area (Å²) in [5.41, 5.74) is -0.236. The van der Waals surface area contributed by atoms with E-state index in [1.165, 1.54) is 0 Å². The molecule has 0 aromatic heterocycles. The molecule has 0 saturated carbocycles. The summed E-state index contributed by atoms with van der Waals surface area (Å²) in [6.07, 6.45) is 2.18. The van der Waals surface area contributed by atoms with Crippen molar-refractivity contribution < 1.29 is 19.8 Å². The standard InChI is InChI=1S/2C9H18O2.Ca/c2*1-7(2)5-9(3,4)6-8(10)11;/h2*7H,5-6H2,1-4H3,(H,10,11);/q;;+2/p-2. The topological polar surface area (TPSA) is 80.3 Å². The Morgan fingerprint density at radius 1 is 0.739 bits per heavy atom. The number of aliphatic carboxylic acids is 2. The van der Waals surface area contributed by atoms with Gasteiger partial charge in [0.15, 0.2) is 0 Å². The first kappa shape index (κ1) is 28.0. The van der Waals surface area contributed by atoms with Crippen LogP contribution in [0.4, 0.5) is 0 Å². The molecule has 0 rings (SSSR count). The van der Waals surface area contributed by atoms with Crippen molar-refractivity contribution in [2.24, 2.45) is 22.7 Å². The summed E-state index contributed by atoms with van der Waals surface area (Å²) >= 11 is 0. The maximum absolute atomic E-state index is 10.3. The molecule has 0 aliphatic carbocycles. The quantitative estimate of drug-likeness (QED) is 0.625. The van der Waals surface area contributed by atoms with E-state index in [9.17, 15) is 19.8 Å². The van der Waals surface area contributed by atoms with Crippen LogP contribution in [0.5, 0.6) is 0 Å². The van der Waals surface area contributed by atoms with E-state index in [-0.39, 0.29) is 61.4 Å². The van der Waals surface area contributed by atoms with Crippen LogP contribution in [0.1, 0.15) is 81.1 Å². The fourth-order valence-corrected chi connectivity index (χ4v) is 3.14. The molecule has 0 fully saturated rings. The third-order valence-electron chi connectivity index (χ3n) is 3.17. The number of rotatable bonds is 8. The summed E-state index contributed by atoms with van der Waals surface area (Å²) < 4.78 is 0.